The monoisotopic (exact) mass is 265 g/mol. The van der Waals surface area contributed by atoms with E-state index in [2.05, 4.69) is 5.10 Å². The van der Waals surface area contributed by atoms with Gasteiger partial charge in [0, 0.05) is 13.6 Å². The minimum Gasteiger partial charge on any atom is -0.480 e. The van der Waals surface area contributed by atoms with Crippen LogP contribution in [0.15, 0.2) is 6.20 Å². The predicted octanol–water partition coefficient (Wildman–Crippen LogP) is 1.15. The third-order valence-electron chi connectivity index (χ3n) is 3.88. The van der Waals surface area contributed by atoms with Gasteiger partial charge in [0.25, 0.3) is 5.91 Å². The van der Waals surface area contributed by atoms with Gasteiger partial charge in [-0.3, -0.25) is 9.48 Å². The van der Waals surface area contributed by atoms with Crippen molar-refractivity contribution in [2.24, 2.45) is 0 Å². The summed E-state index contributed by atoms with van der Waals surface area (Å²) < 4.78 is 1.85. The summed E-state index contributed by atoms with van der Waals surface area (Å²) in [7, 11) is 1.52. The summed E-state index contributed by atoms with van der Waals surface area (Å²) in [6.45, 7) is 3.86. The van der Waals surface area contributed by atoms with Crippen LogP contribution in [0.3, 0.4) is 0 Å². The van der Waals surface area contributed by atoms with E-state index < -0.39 is 11.5 Å². The van der Waals surface area contributed by atoms with Crippen LogP contribution in [-0.4, -0.2) is 44.3 Å². The standard InChI is InChI=1S/C13H19N3O3/c1-13(2,12(18)19)15(3)11(17)9-8-14-16-7-5-4-6-10(9)16/h8H,4-7H2,1-3H3,(H,18,19). The van der Waals surface area contributed by atoms with Crippen LogP contribution in [0, 0.1) is 0 Å². The number of carboxylic acids is 1. The number of aromatic nitrogens is 2. The average Bonchev–Trinajstić information content (AvgIpc) is 2.80. The number of amides is 1. The van der Waals surface area contributed by atoms with Gasteiger partial charge in [-0.25, -0.2) is 4.79 Å². The summed E-state index contributed by atoms with van der Waals surface area (Å²) in [6.07, 6.45) is 4.48. The van der Waals surface area contributed by atoms with Gasteiger partial charge in [0.05, 0.1) is 17.5 Å². The first kappa shape index (κ1) is 13.6. The third kappa shape index (κ3) is 2.22. The molecule has 0 saturated heterocycles. The molecule has 6 heteroatoms. The van der Waals surface area contributed by atoms with Crippen molar-refractivity contribution in [3.8, 4) is 0 Å². The highest BCUT2D eigenvalue weighted by molar-refractivity contribution is 5.98. The molecule has 1 amide bonds. The van der Waals surface area contributed by atoms with Crippen molar-refractivity contribution in [3.63, 3.8) is 0 Å². The summed E-state index contributed by atoms with van der Waals surface area (Å²) in [5, 5.41) is 13.4. The zero-order valence-corrected chi connectivity index (χ0v) is 11.5. The Balaban J connectivity index is 2.30. The van der Waals surface area contributed by atoms with E-state index in [0.29, 0.717) is 5.56 Å². The van der Waals surface area contributed by atoms with Crippen LogP contribution in [0.2, 0.25) is 0 Å². The molecule has 19 heavy (non-hydrogen) atoms. The zero-order valence-electron chi connectivity index (χ0n) is 11.5. The van der Waals surface area contributed by atoms with Crippen molar-refractivity contribution in [3.05, 3.63) is 17.5 Å². The summed E-state index contributed by atoms with van der Waals surface area (Å²) >= 11 is 0. The molecule has 1 N–H and O–H groups in total. The minimum absolute atomic E-state index is 0.282. The van der Waals surface area contributed by atoms with Crippen molar-refractivity contribution < 1.29 is 14.7 Å². The van der Waals surface area contributed by atoms with Crippen molar-refractivity contribution in [2.45, 2.75) is 45.2 Å². The second-order valence-corrected chi connectivity index (χ2v) is 5.41. The van der Waals surface area contributed by atoms with Crippen LogP contribution < -0.4 is 0 Å². The highest BCUT2D eigenvalue weighted by atomic mass is 16.4. The van der Waals surface area contributed by atoms with Crippen LogP contribution in [0.25, 0.3) is 0 Å². The maximum absolute atomic E-state index is 12.4. The molecule has 1 aromatic rings. The Bertz CT molecular complexity index is 519. The Morgan fingerprint density at radius 1 is 1.42 bits per heavy atom. The number of hydrogen-bond acceptors (Lipinski definition) is 3. The number of hydrogen-bond donors (Lipinski definition) is 1. The number of aryl methyl sites for hydroxylation is 1. The van der Waals surface area contributed by atoms with Gasteiger partial charge in [0.2, 0.25) is 0 Å². The number of carbonyl (C=O) groups is 2. The molecule has 1 aromatic heterocycles. The first-order chi connectivity index (χ1) is 8.85. The molecule has 1 aliphatic rings. The topological polar surface area (TPSA) is 75.4 Å². The number of likely N-dealkylation sites (N-methyl/N-ethyl adjacent to an activating group) is 1. The minimum atomic E-state index is -1.24. The summed E-state index contributed by atoms with van der Waals surface area (Å²) in [5.74, 6) is -1.31. The Morgan fingerprint density at radius 2 is 2.11 bits per heavy atom. The first-order valence-corrected chi connectivity index (χ1v) is 6.42. The van der Waals surface area contributed by atoms with Gasteiger partial charge in [-0.1, -0.05) is 0 Å². The van der Waals surface area contributed by atoms with Gasteiger partial charge >= 0.3 is 5.97 Å². The maximum atomic E-state index is 12.4. The number of rotatable bonds is 3. The SMILES string of the molecule is CN(C(=O)c1cnn2c1CCCC2)C(C)(C)C(=O)O. The second-order valence-electron chi connectivity index (χ2n) is 5.41. The summed E-state index contributed by atoms with van der Waals surface area (Å²) in [5.41, 5.74) is 0.210. The highest BCUT2D eigenvalue weighted by Crippen LogP contribution is 2.22. The molecule has 104 valence electrons. The molecule has 6 nitrogen and oxygen atoms in total. The average molecular weight is 265 g/mol. The molecule has 0 fully saturated rings. The third-order valence-corrected chi connectivity index (χ3v) is 3.88. The van der Waals surface area contributed by atoms with Crippen molar-refractivity contribution in [2.75, 3.05) is 7.05 Å². The fourth-order valence-corrected chi connectivity index (χ4v) is 2.18. The lowest BCUT2D eigenvalue weighted by atomic mass is 10.0. The number of nitrogens with zero attached hydrogens (tertiary/aromatic N) is 3. The number of fused-ring (bicyclic) bond motifs is 1. The molecule has 1 aliphatic heterocycles. The van der Waals surface area contributed by atoms with Gasteiger partial charge in [0.1, 0.15) is 5.54 Å². The predicted molar refractivity (Wildman–Crippen MR) is 69.0 cm³/mol. The van der Waals surface area contributed by atoms with E-state index in [4.69, 9.17) is 0 Å². The van der Waals surface area contributed by atoms with Crippen LogP contribution >= 0.6 is 0 Å². The lowest BCUT2D eigenvalue weighted by Crippen LogP contribution is -2.50. The number of aliphatic carboxylic acids is 1. The Kier molecular flexibility index (Phi) is 3.34. The zero-order chi connectivity index (χ0) is 14.2. The molecule has 0 aliphatic carbocycles. The molecule has 2 heterocycles. The van der Waals surface area contributed by atoms with Gasteiger partial charge in [-0.2, -0.15) is 5.10 Å². The van der Waals surface area contributed by atoms with E-state index in [0.717, 1.165) is 31.5 Å². The molecule has 0 aromatic carbocycles. The lowest BCUT2D eigenvalue weighted by Gasteiger charge is -2.31. The number of carboxylic acid groups (broad SMARTS) is 1. The van der Waals surface area contributed by atoms with Crippen LogP contribution in [0.1, 0.15) is 42.7 Å². The smallest absolute Gasteiger partial charge is 0.329 e. The quantitative estimate of drug-likeness (QED) is 0.889. The van der Waals surface area contributed by atoms with E-state index in [-0.39, 0.29) is 5.91 Å². The van der Waals surface area contributed by atoms with E-state index in [1.165, 1.54) is 25.8 Å². The lowest BCUT2D eigenvalue weighted by molar-refractivity contribution is -0.147. The Hall–Kier alpha value is -1.85. The maximum Gasteiger partial charge on any atom is 0.329 e. The van der Waals surface area contributed by atoms with Gasteiger partial charge in [-0.05, 0) is 33.1 Å². The van der Waals surface area contributed by atoms with E-state index in [1.54, 1.807) is 6.20 Å². The molecular weight excluding hydrogens is 246 g/mol. The van der Waals surface area contributed by atoms with Crippen LogP contribution in [0.5, 0.6) is 0 Å². The van der Waals surface area contributed by atoms with Crippen LogP contribution in [0.4, 0.5) is 0 Å². The molecule has 0 radical (unpaired) electrons. The number of carbonyl (C=O) groups excluding carboxylic acids is 1. The van der Waals surface area contributed by atoms with Crippen molar-refractivity contribution in [1.82, 2.24) is 14.7 Å². The largest absolute Gasteiger partial charge is 0.480 e. The fourth-order valence-electron chi connectivity index (χ4n) is 2.18. The normalized spacial score (nSPS) is 14.9. The van der Waals surface area contributed by atoms with Crippen molar-refractivity contribution in [1.29, 1.82) is 0 Å². The molecule has 0 bridgehead atoms. The van der Waals surface area contributed by atoms with E-state index >= 15 is 0 Å². The van der Waals surface area contributed by atoms with E-state index in [1.807, 2.05) is 4.68 Å². The Morgan fingerprint density at radius 3 is 2.74 bits per heavy atom. The molecule has 2 rings (SSSR count). The molecule has 0 unspecified atom stereocenters. The first-order valence-electron chi connectivity index (χ1n) is 6.42. The van der Waals surface area contributed by atoms with Gasteiger partial charge < -0.3 is 10.0 Å². The fraction of sp³-hybridized carbons (Fsp3) is 0.615. The van der Waals surface area contributed by atoms with E-state index in [9.17, 15) is 14.7 Å². The molecule has 0 saturated carbocycles. The highest BCUT2D eigenvalue weighted by Gasteiger charge is 2.37. The van der Waals surface area contributed by atoms with Gasteiger partial charge in [0.15, 0.2) is 0 Å². The molecule has 0 atom stereocenters. The summed E-state index contributed by atoms with van der Waals surface area (Å²) in [4.78, 5) is 24.9. The second kappa shape index (κ2) is 4.68. The van der Waals surface area contributed by atoms with Crippen molar-refractivity contribution >= 4 is 11.9 Å². The molecule has 0 spiro atoms. The molecular formula is C13H19N3O3. The van der Waals surface area contributed by atoms with Crippen LogP contribution in [-0.2, 0) is 17.8 Å². The summed E-state index contributed by atoms with van der Waals surface area (Å²) in [6, 6.07) is 0. The van der Waals surface area contributed by atoms with Gasteiger partial charge in [-0.15, -0.1) is 0 Å². The Labute approximate surface area is 112 Å².